The smallest absolute Gasteiger partial charge is 0.245 e. The molecule has 1 rings (SSSR count). The van der Waals surface area contributed by atoms with Crippen LogP contribution >= 0.6 is 11.6 Å². The van der Waals surface area contributed by atoms with Gasteiger partial charge in [-0.15, -0.1) is 11.6 Å². The summed E-state index contributed by atoms with van der Waals surface area (Å²) in [6.07, 6.45) is 0.327. The molecule has 0 aliphatic carbocycles. The highest BCUT2D eigenvalue weighted by molar-refractivity contribution is 7.89. The van der Waals surface area contributed by atoms with Crippen molar-refractivity contribution in [3.8, 4) is 0 Å². The van der Waals surface area contributed by atoms with Crippen molar-refractivity contribution in [3.63, 3.8) is 0 Å². The first kappa shape index (κ1) is 15.4. The lowest BCUT2D eigenvalue weighted by atomic mass is 10.2. The summed E-state index contributed by atoms with van der Waals surface area (Å²) in [5, 5.41) is 2.14. The number of piperazine rings is 1. The van der Waals surface area contributed by atoms with Gasteiger partial charge in [-0.25, -0.2) is 8.42 Å². The second kappa shape index (κ2) is 5.99. The molecule has 0 radical (unpaired) electrons. The lowest BCUT2D eigenvalue weighted by molar-refractivity contribution is -0.137. The molecule has 1 aliphatic heterocycles. The van der Waals surface area contributed by atoms with E-state index in [2.05, 4.69) is 5.32 Å². The molecule has 18 heavy (non-hydrogen) atoms. The Kier molecular flexibility index (Phi) is 5.12. The maximum absolute atomic E-state index is 12.2. The second-order valence-corrected chi connectivity index (χ2v) is 6.69. The van der Waals surface area contributed by atoms with E-state index in [1.54, 1.807) is 13.8 Å². The number of amides is 2. The van der Waals surface area contributed by atoms with Crippen LogP contribution in [0.15, 0.2) is 0 Å². The number of hydrogen-bond acceptors (Lipinski definition) is 4. The number of halogens is 1. The summed E-state index contributed by atoms with van der Waals surface area (Å²) < 4.78 is 25.3. The third-order valence-corrected chi connectivity index (χ3v) is 5.33. The van der Waals surface area contributed by atoms with Crippen LogP contribution in [-0.4, -0.2) is 48.8 Å². The number of nitrogens with zero attached hydrogens (tertiary/aromatic N) is 1. The fraction of sp³-hybridized carbons (Fsp3) is 0.800. The minimum absolute atomic E-state index is 0.159. The molecule has 2 amide bonds. The lowest BCUT2D eigenvalue weighted by Crippen LogP contribution is -2.60. The van der Waals surface area contributed by atoms with Gasteiger partial charge < -0.3 is 0 Å². The van der Waals surface area contributed by atoms with E-state index < -0.39 is 27.9 Å². The fourth-order valence-corrected chi connectivity index (χ4v) is 4.04. The minimum atomic E-state index is -3.65. The van der Waals surface area contributed by atoms with E-state index in [1.165, 1.54) is 0 Å². The number of rotatable bonds is 5. The first-order valence-corrected chi connectivity index (χ1v) is 7.85. The summed E-state index contributed by atoms with van der Waals surface area (Å²) in [6.45, 7) is 3.10. The number of carbonyl (C=O) groups excluding carboxylic acids is 2. The Morgan fingerprint density at radius 1 is 1.50 bits per heavy atom. The van der Waals surface area contributed by atoms with Crippen molar-refractivity contribution in [2.75, 3.05) is 18.2 Å². The first-order valence-electron chi connectivity index (χ1n) is 5.71. The van der Waals surface area contributed by atoms with Crippen LogP contribution in [0.2, 0.25) is 0 Å². The largest absolute Gasteiger partial charge is 0.294 e. The molecular formula is C10H17ClN2O4S. The van der Waals surface area contributed by atoms with Crippen LogP contribution in [0.25, 0.3) is 0 Å². The number of carbonyl (C=O) groups is 2. The van der Waals surface area contributed by atoms with E-state index in [9.17, 15) is 18.0 Å². The molecule has 6 nitrogen and oxygen atoms in total. The zero-order valence-corrected chi connectivity index (χ0v) is 11.9. The van der Waals surface area contributed by atoms with E-state index in [0.29, 0.717) is 6.42 Å². The summed E-state index contributed by atoms with van der Waals surface area (Å²) in [7, 11) is -3.65. The topological polar surface area (TPSA) is 83.6 Å². The van der Waals surface area contributed by atoms with E-state index in [-0.39, 0.29) is 24.1 Å². The molecule has 0 spiro atoms. The molecule has 2 unspecified atom stereocenters. The van der Waals surface area contributed by atoms with Crippen LogP contribution in [-0.2, 0) is 19.6 Å². The van der Waals surface area contributed by atoms with E-state index in [4.69, 9.17) is 11.6 Å². The molecule has 2 atom stereocenters. The maximum atomic E-state index is 12.2. The van der Waals surface area contributed by atoms with Gasteiger partial charge in [-0.05, 0) is 12.3 Å². The van der Waals surface area contributed by atoms with Crippen molar-refractivity contribution in [1.82, 2.24) is 9.62 Å². The standard InChI is InChI=1S/C10H17ClN2O4S/c1-3-8-10(15)12-9(14)5-13(8)18(16,17)6-7(2)4-11/h7-8H,3-6H2,1-2H3,(H,12,14,15). The van der Waals surface area contributed by atoms with Crippen LogP contribution < -0.4 is 5.32 Å². The highest BCUT2D eigenvalue weighted by atomic mass is 35.5. The summed E-state index contributed by atoms with van der Waals surface area (Å²) in [5.41, 5.74) is 0. The predicted molar refractivity (Wildman–Crippen MR) is 67.6 cm³/mol. The van der Waals surface area contributed by atoms with Crippen molar-refractivity contribution in [2.45, 2.75) is 26.3 Å². The van der Waals surface area contributed by atoms with E-state index in [0.717, 1.165) is 4.31 Å². The van der Waals surface area contributed by atoms with E-state index >= 15 is 0 Å². The molecule has 8 heteroatoms. The maximum Gasteiger partial charge on any atom is 0.245 e. The Bertz CT molecular complexity index is 437. The van der Waals surface area contributed by atoms with Crippen LogP contribution in [0.4, 0.5) is 0 Å². The van der Waals surface area contributed by atoms with Gasteiger partial charge in [0.15, 0.2) is 0 Å². The van der Waals surface area contributed by atoms with Gasteiger partial charge in [-0.3, -0.25) is 14.9 Å². The van der Waals surface area contributed by atoms with Gasteiger partial charge >= 0.3 is 0 Å². The van der Waals surface area contributed by atoms with Crippen LogP contribution in [0.1, 0.15) is 20.3 Å². The zero-order chi connectivity index (χ0) is 13.9. The third-order valence-electron chi connectivity index (χ3n) is 2.71. The van der Waals surface area contributed by atoms with Gasteiger partial charge in [0.1, 0.15) is 6.04 Å². The summed E-state index contributed by atoms with van der Waals surface area (Å²) in [5.74, 6) is -1.32. The average Bonchev–Trinajstić information content (AvgIpc) is 2.27. The highest BCUT2D eigenvalue weighted by Crippen LogP contribution is 2.17. The molecule has 1 fully saturated rings. The quantitative estimate of drug-likeness (QED) is 0.568. The van der Waals surface area contributed by atoms with Gasteiger partial charge in [0.2, 0.25) is 21.8 Å². The molecule has 0 aromatic carbocycles. The van der Waals surface area contributed by atoms with Crippen molar-refractivity contribution in [2.24, 2.45) is 5.92 Å². The SMILES string of the molecule is CCC1C(=O)NC(=O)CN1S(=O)(=O)CC(C)CCl. The molecule has 0 aromatic rings. The van der Waals surface area contributed by atoms with Crippen molar-refractivity contribution >= 4 is 33.4 Å². The fourth-order valence-electron chi connectivity index (χ4n) is 1.82. The van der Waals surface area contributed by atoms with E-state index in [1.807, 2.05) is 0 Å². The summed E-state index contributed by atoms with van der Waals surface area (Å²) in [6, 6.07) is -0.810. The van der Waals surface area contributed by atoms with Crippen LogP contribution in [0, 0.1) is 5.92 Å². The summed E-state index contributed by atoms with van der Waals surface area (Å²) >= 11 is 5.60. The highest BCUT2D eigenvalue weighted by Gasteiger charge is 2.39. The first-order chi connectivity index (χ1) is 8.31. The second-order valence-electron chi connectivity index (χ2n) is 4.42. The van der Waals surface area contributed by atoms with Gasteiger partial charge in [0, 0.05) is 5.88 Å². The Balaban J connectivity index is 2.96. The molecule has 104 valence electrons. The van der Waals surface area contributed by atoms with Gasteiger partial charge in [-0.1, -0.05) is 13.8 Å². The monoisotopic (exact) mass is 296 g/mol. The molecule has 0 saturated carbocycles. The van der Waals surface area contributed by atoms with Gasteiger partial charge in [-0.2, -0.15) is 4.31 Å². The number of imide groups is 1. The number of alkyl halides is 1. The number of sulfonamides is 1. The molecule has 0 bridgehead atoms. The minimum Gasteiger partial charge on any atom is -0.294 e. The zero-order valence-electron chi connectivity index (χ0n) is 10.3. The molecule has 1 heterocycles. The lowest BCUT2D eigenvalue weighted by Gasteiger charge is -2.32. The molecule has 0 aromatic heterocycles. The van der Waals surface area contributed by atoms with Crippen LogP contribution in [0.3, 0.4) is 0 Å². The van der Waals surface area contributed by atoms with Gasteiger partial charge in [0.05, 0.1) is 12.3 Å². The Hall–Kier alpha value is -0.660. The summed E-state index contributed by atoms with van der Waals surface area (Å²) in [4.78, 5) is 22.9. The Labute approximate surface area is 112 Å². The molecule has 1 aliphatic rings. The molecule has 1 saturated heterocycles. The average molecular weight is 297 g/mol. The van der Waals surface area contributed by atoms with Crippen molar-refractivity contribution in [1.29, 1.82) is 0 Å². The normalized spacial score (nSPS) is 23.8. The number of nitrogens with one attached hydrogen (secondary N) is 1. The number of hydrogen-bond donors (Lipinski definition) is 1. The Morgan fingerprint density at radius 3 is 2.61 bits per heavy atom. The van der Waals surface area contributed by atoms with Gasteiger partial charge in [0.25, 0.3) is 0 Å². The van der Waals surface area contributed by atoms with Crippen LogP contribution in [0.5, 0.6) is 0 Å². The van der Waals surface area contributed by atoms with Crippen molar-refractivity contribution in [3.05, 3.63) is 0 Å². The molecule has 1 N–H and O–H groups in total. The third kappa shape index (κ3) is 3.43. The Morgan fingerprint density at radius 2 is 2.11 bits per heavy atom. The predicted octanol–water partition coefficient (Wildman–Crippen LogP) is -0.0719. The van der Waals surface area contributed by atoms with Crippen molar-refractivity contribution < 1.29 is 18.0 Å². The molecular weight excluding hydrogens is 280 g/mol.